The molecule has 1 aromatic rings. The second-order valence-corrected chi connectivity index (χ2v) is 7.32. The predicted octanol–water partition coefficient (Wildman–Crippen LogP) is 3.34. The average Bonchev–Trinajstić information content (AvgIpc) is 2.51. The molecule has 0 spiro atoms. The van der Waals surface area contributed by atoms with E-state index in [4.69, 9.17) is 14.2 Å². The van der Waals surface area contributed by atoms with Crippen molar-refractivity contribution in [2.24, 2.45) is 5.92 Å². The molecule has 0 aliphatic rings. The van der Waals surface area contributed by atoms with Crippen LogP contribution < -0.4 is 20.1 Å². The van der Waals surface area contributed by atoms with Gasteiger partial charge in [-0.3, -0.25) is 0 Å². The maximum Gasteiger partial charge on any atom is 0.407 e. The summed E-state index contributed by atoms with van der Waals surface area (Å²) < 4.78 is 15.9. The number of amides is 1. The molecule has 142 valence electrons. The standard InChI is InChI=1S/C19H32N2O4/c1-13(2)15(21-18(22)25-19(3,4)5)12-20-11-14-8-9-16(23-6)17(10-14)24-7/h8-10,13,15,20H,11-12H2,1-7H3,(H,21,22)/t15-/m0/s1. The number of hydrogen-bond acceptors (Lipinski definition) is 5. The molecule has 0 saturated carbocycles. The molecule has 0 heterocycles. The van der Waals surface area contributed by atoms with Crippen LogP contribution in [0.15, 0.2) is 18.2 Å². The highest BCUT2D eigenvalue weighted by Crippen LogP contribution is 2.27. The molecular formula is C19H32N2O4. The van der Waals surface area contributed by atoms with E-state index in [1.165, 1.54) is 0 Å². The lowest BCUT2D eigenvalue weighted by Gasteiger charge is -2.26. The number of hydrogen-bond donors (Lipinski definition) is 2. The summed E-state index contributed by atoms with van der Waals surface area (Å²) in [6, 6.07) is 5.79. The molecule has 25 heavy (non-hydrogen) atoms. The van der Waals surface area contributed by atoms with Gasteiger partial charge in [0, 0.05) is 19.1 Å². The number of alkyl carbamates (subject to hydrolysis) is 1. The molecule has 0 unspecified atom stereocenters. The van der Waals surface area contributed by atoms with Crippen LogP contribution in [0.25, 0.3) is 0 Å². The number of methoxy groups -OCH3 is 2. The van der Waals surface area contributed by atoms with Crippen molar-refractivity contribution in [1.29, 1.82) is 0 Å². The first-order valence-electron chi connectivity index (χ1n) is 8.57. The van der Waals surface area contributed by atoms with E-state index in [0.29, 0.717) is 24.6 Å². The van der Waals surface area contributed by atoms with Crippen molar-refractivity contribution >= 4 is 6.09 Å². The Balaban J connectivity index is 2.57. The summed E-state index contributed by atoms with van der Waals surface area (Å²) in [6.07, 6.45) is -0.390. The number of carbonyl (C=O) groups excluding carboxylic acids is 1. The molecule has 0 bridgehead atoms. The van der Waals surface area contributed by atoms with Gasteiger partial charge in [0.25, 0.3) is 0 Å². The molecule has 0 aromatic heterocycles. The van der Waals surface area contributed by atoms with Crippen molar-refractivity contribution in [2.75, 3.05) is 20.8 Å². The predicted molar refractivity (Wildman–Crippen MR) is 99.2 cm³/mol. The fourth-order valence-corrected chi connectivity index (χ4v) is 2.27. The van der Waals surface area contributed by atoms with Crippen LogP contribution in [0, 0.1) is 5.92 Å². The summed E-state index contributed by atoms with van der Waals surface area (Å²) in [5.41, 5.74) is 0.580. The number of nitrogens with one attached hydrogen (secondary N) is 2. The van der Waals surface area contributed by atoms with Gasteiger partial charge in [0.1, 0.15) is 5.60 Å². The molecule has 0 aliphatic heterocycles. The third-order valence-corrected chi connectivity index (χ3v) is 3.65. The molecule has 0 fully saturated rings. The zero-order valence-electron chi connectivity index (χ0n) is 16.4. The van der Waals surface area contributed by atoms with E-state index >= 15 is 0 Å². The van der Waals surface area contributed by atoms with Gasteiger partial charge in [-0.15, -0.1) is 0 Å². The fourth-order valence-electron chi connectivity index (χ4n) is 2.27. The highest BCUT2D eigenvalue weighted by Gasteiger charge is 2.21. The van der Waals surface area contributed by atoms with Crippen LogP contribution in [0.3, 0.4) is 0 Å². The first-order chi connectivity index (χ1) is 11.7. The Kier molecular flexibility index (Phi) is 8.03. The maximum absolute atomic E-state index is 12.0. The Morgan fingerprint density at radius 3 is 2.28 bits per heavy atom. The molecule has 0 aliphatic carbocycles. The second-order valence-electron chi connectivity index (χ2n) is 7.32. The Morgan fingerprint density at radius 1 is 1.12 bits per heavy atom. The zero-order chi connectivity index (χ0) is 19.0. The van der Waals surface area contributed by atoms with Gasteiger partial charge in [-0.1, -0.05) is 19.9 Å². The lowest BCUT2D eigenvalue weighted by Crippen LogP contribution is -2.46. The molecule has 1 rings (SSSR count). The second kappa shape index (κ2) is 9.51. The van der Waals surface area contributed by atoms with E-state index < -0.39 is 5.60 Å². The van der Waals surface area contributed by atoms with Crippen molar-refractivity contribution in [3.8, 4) is 11.5 Å². The fraction of sp³-hybridized carbons (Fsp3) is 0.632. The van der Waals surface area contributed by atoms with Gasteiger partial charge in [-0.25, -0.2) is 4.79 Å². The van der Waals surface area contributed by atoms with E-state index in [9.17, 15) is 4.79 Å². The van der Waals surface area contributed by atoms with Gasteiger partial charge in [0.2, 0.25) is 0 Å². The molecule has 1 atom stereocenters. The number of ether oxygens (including phenoxy) is 3. The van der Waals surface area contributed by atoms with Gasteiger partial charge in [-0.05, 0) is 44.4 Å². The van der Waals surface area contributed by atoms with Crippen LogP contribution in [-0.2, 0) is 11.3 Å². The van der Waals surface area contributed by atoms with E-state index in [0.717, 1.165) is 5.56 Å². The van der Waals surface area contributed by atoms with Gasteiger partial charge in [-0.2, -0.15) is 0 Å². The molecular weight excluding hydrogens is 320 g/mol. The van der Waals surface area contributed by atoms with Crippen LogP contribution in [-0.4, -0.2) is 38.5 Å². The summed E-state index contributed by atoms with van der Waals surface area (Å²) >= 11 is 0. The zero-order valence-corrected chi connectivity index (χ0v) is 16.4. The average molecular weight is 352 g/mol. The van der Waals surface area contributed by atoms with Gasteiger partial charge in [0.05, 0.1) is 14.2 Å². The molecule has 6 heteroatoms. The molecule has 1 amide bonds. The summed E-state index contributed by atoms with van der Waals surface area (Å²) in [5.74, 6) is 1.69. The van der Waals surface area contributed by atoms with Crippen molar-refractivity contribution in [2.45, 2.75) is 52.8 Å². The SMILES string of the molecule is COc1ccc(CNC[C@H](NC(=O)OC(C)(C)C)C(C)C)cc1OC. The van der Waals surface area contributed by atoms with E-state index in [2.05, 4.69) is 24.5 Å². The lowest BCUT2D eigenvalue weighted by molar-refractivity contribution is 0.0490. The topological polar surface area (TPSA) is 68.8 Å². The van der Waals surface area contributed by atoms with Crippen LogP contribution in [0.5, 0.6) is 11.5 Å². The van der Waals surface area contributed by atoms with Crippen molar-refractivity contribution < 1.29 is 19.0 Å². The lowest BCUT2D eigenvalue weighted by atomic mass is 10.0. The smallest absolute Gasteiger partial charge is 0.407 e. The first kappa shape index (κ1) is 21.1. The van der Waals surface area contributed by atoms with Crippen LogP contribution in [0.2, 0.25) is 0 Å². The summed E-state index contributed by atoms with van der Waals surface area (Å²) in [7, 11) is 3.24. The minimum atomic E-state index is -0.501. The van der Waals surface area contributed by atoms with Crippen LogP contribution >= 0.6 is 0 Å². The number of benzene rings is 1. The molecule has 0 radical (unpaired) electrons. The minimum Gasteiger partial charge on any atom is -0.493 e. The van der Waals surface area contributed by atoms with Crippen molar-refractivity contribution in [3.63, 3.8) is 0 Å². The van der Waals surface area contributed by atoms with Gasteiger partial charge < -0.3 is 24.8 Å². The van der Waals surface area contributed by atoms with Crippen molar-refractivity contribution in [1.82, 2.24) is 10.6 Å². The van der Waals surface area contributed by atoms with E-state index in [1.807, 2.05) is 39.0 Å². The molecule has 2 N–H and O–H groups in total. The Bertz CT molecular complexity index is 553. The third kappa shape index (κ3) is 7.65. The summed E-state index contributed by atoms with van der Waals surface area (Å²) in [5, 5.41) is 6.31. The Hall–Kier alpha value is -1.95. The summed E-state index contributed by atoms with van der Waals surface area (Å²) in [4.78, 5) is 12.0. The Labute approximate surface area is 151 Å². The highest BCUT2D eigenvalue weighted by atomic mass is 16.6. The normalized spacial score (nSPS) is 12.6. The largest absolute Gasteiger partial charge is 0.493 e. The molecule has 6 nitrogen and oxygen atoms in total. The molecule has 0 saturated heterocycles. The maximum atomic E-state index is 12.0. The van der Waals surface area contributed by atoms with Gasteiger partial charge in [0.15, 0.2) is 11.5 Å². The van der Waals surface area contributed by atoms with Crippen LogP contribution in [0.1, 0.15) is 40.2 Å². The van der Waals surface area contributed by atoms with E-state index in [1.54, 1.807) is 14.2 Å². The number of rotatable bonds is 8. The molecule has 1 aromatic carbocycles. The monoisotopic (exact) mass is 352 g/mol. The van der Waals surface area contributed by atoms with E-state index in [-0.39, 0.29) is 18.1 Å². The quantitative estimate of drug-likeness (QED) is 0.751. The van der Waals surface area contributed by atoms with Crippen LogP contribution in [0.4, 0.5) is 4.79 Å². The third-order valence-electron chi connectivity index (χ3n) is 3.65. The first-order valence-corrected chi connectivity index (χ1v) is 8.57. The summed E-state index contributed by atoms with van der Waals surface area (Å²) in [6.45, 7) is 11.0. The highest BCUT2D eigenvalue weighted by molar-refractivity contribution is 5.68. The number of carbonyl (C=O) groups is 1. The minimum absolute atomic E-state index is 0.0185. The van der Waals surface area contributed by atoms with Gasteiger partial charge >= 0.3 is 6.09 Å². The van der Waals surface area contributed by atoms with Crippen molar-refractivity contribution in [3.05, 3.63) is 23.8 Å². The Morgan fingerprint density at radius 2 is 1.76 bits per heavy atom.